The van der Waals surface area contributed by atoms with Crippen LogP contribution >= 0.6 is 35.7 Å². The molecule has 154 valence electrons. The second-order valence-corrected chi connectivity index (χ2v) is 8.98. The highest BCUT2D eigenvalue weighted by Crippen LogP contribution is 2.51. The van der Waals surface area contributed by atoms with Crippen molar-refractivity contribution < 1.29 is 4.79 Å². The van der Waals surface area contributed by atoms with Crippen molar-refractivity contribution in [2.45, 2.75) is 34.8 Å². The number of fused-ring (bicyclic) bond motifs is 1. The molecule has 1 heterocycles. The summed E-state index contributed by atoms with van der Waals surface area (Å²) in [5.74, 6) is 1.02. The predicted octanol–water partition coefficient (Wildman–Crippen LogP) is 4.22. The van der Waals surface area contributed by atoms with Crippen molar-refractivity contribution in [2.75, 3.05) is 25.5 Å². The first kappa shape index (κ1) is 22.0. The van der Waals surface area contributed by atoms with Crippen LogP contribution in [0.2, 0.25) is 0 Å². The van der Waals surface area contributed by atoms with Gasteiger partial charge in [0.25, 0.3) is 0 Å². The summed E-state index contributed by atoms with van der Waals surface area (Å²) in [4.78, 5) is 17.7. The molecule has 2 aliphatic rings. The van der Waals surface area contributed by atoms with Crippen molar-refractivity contribution in [1.29, 1.82) is 0 Å². The summed E-state index contributed by atoms with van der Waals surface area (Å²) in [7, 11) is 1.79. The van der Waals surface area contributed by atoms with E-state index in [1.54, 1.807) is 7.05 Å². The summed E-state index contributed by atoms with van der Waals surface area (Å²) in [5, 5.41) is 9.85. The van der Waals surface area contributed by atoms with Crippen molar-refractivity contribution in [3.8, 4) is 0 Å². The van der Waals surface area contributed by atoms with Gasteiger partial charge in [0, 0.05) is 47.8 Å². The normalized spacial score (nSPS) is 19.4. The molecule has 7 heteroatoms. The maximum atomic E-state index is 12.0. The quantitative estimate of drug-likeness (QED) is 0.302. The Bertz CT molecular complexity index is 870. The van der Waals surface area contributed by atoms with E-state index in [2.05, 4.69) is 57.3 Å². The van der Waals surface area contributed by atoms with Crippen molar-refractivity contribution in [1.82, 2.24) is 10.6 Å². The summed E-state index contributed by atoms with van der Waals surface area (Å²) in [6, 6.07) is 18.6. The van der Waals surface area contributed by atoms with Gasteiger partial charge < -0.3 is 16.0 Å². The molecule has 0 aromatic heterocycles. The summed E-state index contributed by atoms with van der Waals surface area (Å²) >= 11 is 1.95. The van der Waals surface area contributed by atoms with Crippen molar-refractivity contribution >= 4 is 53.3 Å². The fourth-order valence-electron chi connectivity index (χ4n) is 3.56. The molecule has 29 heavy (non-hydrogen) atoms. The van der Waals surface area contributed by atoms with Crippen LogP contribution in [0.15, 0.2) is 64.5 Å². The molecule has 1 unspecified atom stereocenters. The highest BCUT2D eigenvalue weighted by Gasteiger charge is 2.43. The number of nitrogens with zero attached hydrogens (tertiary/aromatic N) is 1. The first-order chi connectivity index (χ1) is 13.7. The number of aliphatic imine (C=N–C) groups is 1. The molecule has 1 fully saturated rings. The van der Waals surface area contributed by atoms with Crippen LogP contribution in [-0.4, -0.2) is 36.8 Å². The maximum absolute atomic E-state index is 12.0. The number of benzene rings is 2. The average Bonchev–Trinajstić information content (AvgIpc) is 3.48. The molecule has 0 radical (unpaired) electrons. The van der Waals surface area contributed by atoms with Gasteiger partial charge in [-0.05, 0) is 36.6 Å². The van der Waals surface area contributed by atoms with Crippen LogP contribution in [0.3, 0.4) is 0 Å². The lowest BCUT2D eigenvalue weighted by atomic mass is 9.90. The van der Waals surface area contributed by atoms with Gasteiger partial charge in [-0.3, -0.25) is 9.79 Å². The third kappa shape index (κ3) is 5.66. The molecule has 0 spiro atoms. The van der Waals surface area contributed by atoms with E-state index in [1.807, 2.05) is 30.0 Å². The minimum atomic E-state index is 0. The predicted molar refractivity (Wildman–Crippen MR) is 131 cm³/mol. The minimum Gasteiger partial charge on any atom is -0.356 e. The van der Waals surface area contributed by atoms with Gasteiger partial charge in [0.05, 0.1) is 0 Å². The van der Waals surface area contributed by atoms with E-state index >= 15 is 0 Å². The van der Waals surface area contributed by atoms with E-state index in [4.69, 9.17) is 0 Å². The topological polar surface area (TPSA) is 65.5 Å². The summed E-state index contributed by atoms with van der Waals surface area (Å²) < 4.78 is 0.260. The second-order valence-electron chi connectivity index (χ2n) is 7.44. The summed E-state index contributed by atoms with van der Waals surface area (Å²) in [6.45, 7) is 1.57. The van der Waals surface area contributed by atoms with E-state index in [1.165, 1.54) is 23.3 Å². The largest absolute Gasteiger partial charge is 0.356 e. The zero-order valence-electron chi connectivity index (χ0n) is 16.5. The first-order valence-corrected chi connectivity index (χ1v) is 10.6. The smallest absolute Gasteiger partial charge is 0.225 e. The molecule has 1 amide bonds. The van der Waals surface area contributed by atoms with Gasteiger partial charge in [-0.1, -0.05) is 36.4 Å². The van der Waals surface area contributed by atoms with E-state index in [0.717, 1.165) is 18.2 Å². The molecule has 4 rings (SSSR count). The number of hydrogen-bond donors (Lipinski definition) is 3. The van der Waals surface area contributed by atoms with E-state index in [0.29, 0.717) is 13.0 Å². The summed E-state index contributed by atoms with van der Waals surface area (Å²) in [6.07, 6.45) is 2.92. The van der Waals surface area contributed by atoms with Crippen LogP contribution in [-0.2, 0) is 4.79 Å². The molecule has 1 aliphatic heterocycles. The van der Waals surface area contributed by atoms with Crippen LogP contribution in [0.1, 0.15) is 30.7 Å². The van der Waals surface area contributed by atoms with E-state index in [-0.39, 0.29) is 40.5 Å². The highest BCUT2D eigenvalue weighted by atomic mass is 127. The maximum Gasteiger partial charge on any atom is 0.225 e. The Balaban J connectivity index is 0.00000240. The lowest BCUT2D eigenvalue weighted by Gasteiger charge is -2.26. The van der Waals surface area contributed by atoms with Crippen LogP contribution in [0.4, 0.5) is 5.69 Å². The molecule has 2 aromatic rings. The van der Waals surface area contributed by atoms with Crippen molar-refractivity contribution in [3.05, 3.63) is 60.2 Å². The molecule has 5 nitrogen and oxygen atoms in total. The number of carbonyl (C=O) groups is 1. The zero-order chi connectivity index (χ0) is 19.4. The minimum absolute atomic E-state index is 0. The Kier molecular flexibility index (Phi) is 7.45. The Morgan fingerprint density at radius 1 is 1.14 bits per heavy atom. The third-order valence-electron chi connectivity index (χ3n) is 5.31. The van der Waals surface area contributed by atoms with Crippen molar-refractivity contribution in [2.24, 2.45) is 4.99 Å². The first-order valence-electron chi connectivity index (χ1n) is 9.75. The van der Waals surface area contributed by atoms with Gasteiger partial charge in [0.1, 0.15) is 0 Å². The van der Waals surface area contributed by atoms with Crippen LogP contribution < -0.4 is 16.0 Å². The monoisotopic (exact) mass is 522 g/mol. The molecule has 0 bridgehead atoms. The van der Waals surface area contributed by atoms with Gasteiger partial charge in [-0.25, -0.2) is 0 Å². The number of halogens is 1. The fourth-order valence-corrected chi connectivity index (χ4v) is 4.81. The highest BCUT2D eigenvalue weighted by molar-refractivity contribution is 14.0. The standard InChI is InChI=1S/C22H26N4OS.HI/c1-23-21(25-15-22(11-12-22)28-17-7-3-2-4-8-17)24-14-16-13-20(27)26-19-10-6-5-9-18(16)19;/h2-10,16H,11-15H2,1H3,(H,26,27)(H2,23,24,25);1H. The number of amides is 1. The SMILES string of the molecule is CN=C(NCC1CC(=O)Nc2ccccc21)NCC1(Sc2ccccc2)CC1.I. The Hall–Kier alpha value is -1.74. The summed E-state index contributed by atoms with van der Waals surface area (Å²) in [5.41, 5.74) is 2.10. The number of hydrogen-bond acceptors (Lipinski definition) is 3. The molecule has 3 N–H and O–H groups in total. The van der Waals surface area contributed by atoms with Crippen LogP contribution in [0.25, 0.3) is 0 Å². The molecule has 1 aliphatic carbocycles. The van der Waals surface area contributed by atoms with Gasteiger partial charge in [0.15, 0.2) is 5.96 Å². The number of nitrogens with one attached hydrogen (secondary N) is 3. The molecule has 2 aromatic carbocycles. The number of para-hydroxylation sites is 1. The van der Waals surface area contributed by atoms with Crippen LogP contribution in [0.5, 0.6) is 0 Å². The van der Waals surface area contributed by atoms with Gasteiger partial charge in [0.2, 0.25) is 5.91 Å². The number of carbonyl (C=O) groups excluding carboxylic acids is 1. The Morgan fingerprint density at radius 3 is 2.59 bits per heavy atom. The molecule has 1 saturated carbocycles. The lowest BCUT2D eigenvalue weighted by molar-refractivity contribution is -0.116. The van der Waals surface area contributed by atoms with Gasteiger partial charge in [-0.2, -0.15) is 0 Å². The number of rotatable bonds is 6. The van der Waals surface area contributed by atoms with Gasteiger partial charge in [-0.15, -0.1) is 35.7 Å². The third-order valence-corrected chi connectivity index (χ3v) is 6.80. The lowest BCUT2D eigenvalue weighted by Crippen LogP contribution is -2.43. The number of anilines is 1. The average molecular weight is 522 g/mol. The fraction of sp³-hybridized carbons (Fsp3) is 0.364. The van der Waals surface area contributed by atoms with Crippen LogP contribution in [0, 0.1) is 0 Å². The Morgan fingerprint density at radius 2 is 1.86 bits per heavy atom. The zero-order valence-corrected chi connectivity index (χ0v) is 19.6. The van der Waals surface area contributed by atoms with E-state index < -0.39 is 0 Å². The van der Waals surface area contributed by atoms with Crippen molar-refractivity contribution in [3.63, 3.8) is 0 Å². The molecule has 1 atom stereocenters. The van der Waals surface area contributed by atoms with E-state index in [9.17, 15) is 4.79 Å². The molecular weight excluding hydrogens is 495 g/mol. The Labute approximate surface area is 193 Å². The number of thioether (sulfide) groups is 1. The number of guanidine groups is 1. The second kappa shape index (κ2) is 9.84. The van der Waals surface area contributed by atoms with Gasteiger partial charge >= 0.3 is 0 Å². The molecule has 0 saturated heterocycles. The molecular formula is C22H27IN4OS.